The molecule has 686 valence electrons. The number of ether oxygens (including phenoxy) is 11. The molecule has 0 amide bonds. The normalized spacial score (nSPS) is 16.7. The number of carbonyl (C=O) groups excluding carboxylic acids is 7. The number of methoxy groups -OCH3 is 4. The Labute approximate surface area is 758 Å². The van der Waals surface area contributed by atoms with Crippen LogP contribution in [-0.4, -0.2) is 236 Å². The minimum Gasteiger partial charge on any atom is -0.465 e. The molecule has 7 aromatic carbocycles. The van der Waals surface area contributed by atoms with E-state index in [0.717, 1.165) is 65.8 Å². The lowest BCUT2D eigenvalue weighted by Gasteiger charge is -2.14. The summed E-state index contributed by atoms with van der Waals surface area (Å²) in [4.78, 5) is 89.5. The summed E-state index contributed by atoms with van der Waals surface area (Å²) < 4.78 is 125. The molecule has 7 aliphatic rings. The van der Waals surface area contributed by atoms with Crippen molar-refractivity contribution in [3.63, 3.8) is 0 Å². The maximum Gasteiger partial charge on any atom is 0.422 e. The number of hydrogen-bond donors (Lipinski definition) is 0. The van der Waals surface area contributed by atoms with Gasteiger partial charge in [0.1, 0.15) is 93.8 Å². The maximum absolute atomic E-state index is 12.0. The highest BCUT2D eigenvalue weighted by Gasteiger charge is 2.35. The molecule has 7 aromatic rings. The summed E-state index contributed by atoms with van der Waals surface area (Å²) in [5.74, 6) is 13.7. The largest absolute Gasteiger partial charge is 0.465 e. The Balaban J connectivity index is 0.000000182. The van der Waals surface area contributed by atoms with Crippen LogP contribution in [0.3, 0.4) is 0 Å². The van der Waals surface area contributed by atoms with Crippen molar-refractivity contribution in [3.8, 4) is 0 Å². The average molecular weight is 1890 g/mol. The first-order valence-corrected chi connectivity index (χ1v) is 53.6. The summed E-state index contributed by atoms with van der Waals surface area (Å²) in [7, 11) is 8.23. The number of carbonyl (C=O) groups is 7. The lowest BCUT2D eigenvalue weighted by atomic mass is 10.2. The Morgan fingerprint density at radius 1 is 0.254 bits per heavy atom. The van der Waals surface area contributed by atoms with Crippen molar-refractivity contribution in [2.75, 3.05) is 182 Å². The third-order valence-corrected chi connectivity index (χ3v) is 37.5. The summed E-state index contributed by atoms with van der Waals surface area (Å²) in [5.41, 5.74) is 3.47. The molecule has 0 spiro atoms. The van der Waals surface area contributed by atoms with Gasteiger partial charge in [-0.05, 0) is 267 Å². The monoisotopic (exact) mass is 1890 g/mol. The fourth-order valence-corrected chi connectivity index (χ4v) is 28.9. The van der Waals surface area contributed by atoms with Gasteiger partial charge in [0, 0.05) is 90.5 Å². The van der Waals surface area contributed by atoms with E-state index in [1.165, 1.54) is 192 Å². The Morgan fingerprint density at radius 2 is 0.437 bits per heavy atom. The molecule has 0 unspecified atom stereocenters. The van der Waals surface area contributed by atoms with Crippen LogP contribution in [0.4, 0.5) is 26.3 Å². The minimum absolute atomic E-state index is 0.0955. The van der Waals surface area contributed by atoms with E-state index in [9.17, 15) is 59.9 Å². The number of esters is 7. The minimum atomic E-state index is -4.50. The van der Waals surface area contributed by atoms with Gasteiger partial charge in [0.15, 0.2) is 47.5 Å². The molecule has 18 nitrogen and oxygen atoms in total. The van der Waals surface area contributed by atoms with Gasteiger partial charge in [-0.3, -0.25) is 0 Å². The van der Waals surface area contributed by atoms with Crippen LogP contribution in [0.2, 0.25) is 0 Å². The molecule has 7 fully saturated rings. The van der Waals surface area contributed by atoms with Gasteiger partial charge in [-0.15, -0.1) is 0 Å². The van der Waals surface area contributed by atoms with Crippen molar-refractivity contribution < 1.29 is 112 Å². The molecule has 0 radical (unpaired) electrons. The first kappa shape index (κ1) is 104. The zero-order chi connectivity index (χ0) is 90.3. The zero-order valence-corrected chi connectivity index (χ0v) is 78.4. The van der Waals surface area contributed by atoms with Crippen LogP contribution >= 0.6 is 0 Å². The third-order valence-electron chi connectivity index (χ3n) is 20.4. The van der Waals surface area contributed by atoms with Gasteiger partial charge >= 0.3 is 54.1 Å². The maximum atomic E-state index is 12.0. The summed E-state index contributed by atoms with van der Waals surface area (Å²) >= 11 is 0. The molecule has 7 saturated heterocycles. The molecule has 0 N–H and O–H groups in total. The second-order valence-electron chi connectivity index (χ2n) is 29.5. The molecule has 0 saturated carbocycles. The van der Waals surface area contributed by atoms with Gasteiger partial charge < -0.3 is 52.1 Å². The quantitative estimate of drug-likeness (QED) is 0.0191. The van der Waals surface area contributed by atoms with E-state index in [1.807, 2.05) is 91.9 Å². The predicted molar refractivity (Wildman–Crippen MR) is 495 cm³/mol. The standard InChI is InChI=1S/C15H21O3S.C14H16F3O2S.C14H19O3S.C14H19O2S.C13H14F3O3S.C13H17O2S.C12H15O3S/c1-17-9-10-18-15(16)13-5-7-14(8-6-13)19-11-3-2-4-12-19;15-14(16,17)10-19-13(18)11-4-6-12(7-5-11)20-8-2-1-3-9-20;1-16-8-9-17-14(15)12-4-6-13(7-5-12)18-10-2-3-11-18;1-2-16-14(15)12-6-8-13(9-7-12)17-10-4-3-5-11-17;14-13(15,16)9-19-12(17)10-1-3-11(4-2-10)20-7-5-18-6-8-20;1-15-13(14)11-5-7-12(8-6-11)16-9-3-2-4-10-16;1-14-12(13)10-2-4-11(5-3-10)16-8-6-15-7-9-16/h5-8H,2-4,9-12H2,1H3;4-7H,1-3,8-10H2;4-7H,2-3,8-11H2,1H3;6-9H,2-5,10-11H2,1H3;1-4H,5-9H2;5-8H,2-4,9-10H2,1H3;2-5H,6-9H2,1H3/q7*+1. The van der Waals surface area contributed by atoms with Crippen LogP contribution in [0.1, 0.15) is 169 Å². The van der Waals surface area contributed by atoms with Crippen molar-refractivity contribution >= 4 is 118 Å². The molecule has 7 aliphatic heterocycles. The molecule has 126 heavy (non-hydrogen) atoms. The van der Waals surface area contributed by atoms with Gasteiger partial charge in [0.2, 0.25) is 0 Å². The van der Waals surface area contributed by atoms with E-state index in [-0.39, 0.29) is 62.8 Å². The van der Waals surface area contributed by atoms with Gasteiger partial charge in [0.05, 0.1) is 99.4 Å². The fourth-order valence-electron chi connectivity index (χ4n) is 13.7. The second kappa shape index (κ2) is 57.7. The Bertz CT molecular complexity index is 4160. The summed E-state index contributed by atoms with van der Waals surface area (Å²) in [6.45, 7) is 3.79. The lowest BCUT2D eigenvalue weighted by molar-refractivity contribution is -0.161. The van der Waals surface area contributed by atoms with E-state index in [4.69, 9.17) is 33.2 Å². The van der Waals surface area contributed by atoms with Gasteiger partial charge in [-0.1, -0.05) is 0 Å². The first-order chi connectivity index (χ1) is 61.0. The van der Waals surface area contributed by atoms with E-state index in [2.05, 4.69) is 67.5 Å². The lowest BCUT2D eigenvalue weighted by Crippen LogP contribution is -2.26. The molecular formula is C95H121F6O18S7+7. The van der Waals surface area contributed by atoms with E-state index in [1.54, 1.807) is 38.5 Å². The van der Waals surface area contributed by atoms with Crippen LogP contribution in [0.5, 0.6) is 0 Å². The number of rotatable bonds is 23. The molecule has 0 aliphatic carbocycles. The average Bonchev–Trinajstić information content (AvgIpc) is 1.76. The van der Waals surface area contributed by atoms with Crippen molar-refractivity contribution in [2.24, 2.45) is 0 Å². The molecule has 0 aromatic heterocycles. The topological polar surface area (TPSA) is 221 Å². The first-order valence-electron chi connectivity index (χ1n) is 42.7. The van der Waals surface area contributed by atoms with E-state index >= 15 is 0 Å². The highest BCUT2D eigenvalue weighted by Crippen LogP contribution is 2.30. The molecular weight excluding hydrogens is 1770 g/mol. The second-order valence-corrected chi connectivity index (χ2v) is 45.4. The fraction of sp³-hybridized carbons (Fsp3) is 0.484. The highest BCUT2D eigenvalue weighted by molar-refractivity contribution is 7.98. The summed E-state index contributed by atoms with van der Waals surface area (Å²) in [5, 5.41) is 0. The summed E-state index contributed by atoms with van der Waals surface area (Å²) in [6, 6.07) is 52.8. The molecule has 7 heterocycles. The number of hydrogen-bond acceptors (Lipinski definition) is 18. The highest BCUT2D eigenvalue weighted by atomic mass is 32.2. The molecule has 0 atom stereocenters. The van der Waals surface area contributed by atoms with E-state index in [0.29, 0.717) is 115 Å². The third kappa shape index (κ3) is 38.0. The Hall–Kier alpha value is -7.30. The van der Waals surface area contributed by atoms with Crippen LogP contribution in [-0.2, 0) is 128 Å². The van der Waals surface area contributed by atoms with Crippen LogP contribution in [0, 0.1) is 0 Å². The number of alkyl halides is 6. The molecule has 14 rings (SSSR count). The summed E-state index contributed by atoms with van der Waals surface area (Å²) in [6.07, 6.45) is 9.60. The molecule has 31 heteroatoms. The predicted octanol–water partition coefficient (Wildman–Crippen LogP) is 18.0. The van der Waals surface area contributed by atoms with Gasteiger partial charge in [0.25, 0.3) is 0 Å². The smallest absolute Gasteiger partial charge is 0.422 e. The van der Waals surface area contributed by atoms with Gasteiger partial charge in [-0.25, -0.2) is 33.6 Å². The van der Waals surface area contributed by atoms with Crippen molar-refractivity contribution in [2.45, 2.75) is 143 Å². The van der Waals surface area contributed by atoms with Crippen LogP contribution in [0.15, 0.2) is 204 Å². The zero-order valence-electron chi connectivity index (χ0n) is 72.7. The Morgan fingerprint density at radius 3 is 0.627 bits per heavy atom. The molecule has 0 bridgehead atoms. The van der Waals surface area contributed by atoms with Crippen LogP contribution < -0.4 is 0 Å². The Kier molecular flexibility index (Phi) is 47.6. The number of halogens is 6. The van der Waals surface area contributed by atoms with Crippen LogP contribution in [0.25, 0.3) is 0 Å². The van der Waals surface area contributed by atoms with Crippen molar-refractivity contribution in [3.05, 3.63) is 209 Å². The SMILES string of the molecule is CCOC(=O)c1ccc([S+]2CCCCC2)cc1.COC(=O)c1ccc([S+]2CCCCC2)cc1.COC(=O)c1ccc([S+]2CCOCC2)cc1.COCCOC(=O)c1ccc([S+]2CCCC2)cc1.COCCOC(=O)c1ccc([S+]2CCCCC2)cc1.O=C(OCC(F)(F)F)c1ccc([S+]2CCCCC2)cc1.O=C(OCC(F)(F)F)c1ccc([S+]2CCOCC2)cc1. The van der Waals surface area contributed by atoms with Crippen molar-refractivity contribution in [1.82, 2.24) is 0 Å². The number of benzene rings is 7. The van der Waals surface area contributed by atoms with Gasteiger partial charge in [-0.2, -0.15) is 26.3 Å². The van der Waals surface area contributed by atoms with E-state index < -0.39 is 37.5 Å². The van der Waals surface area contributed by atoms with Crippen molar-refractivity contribution in [1.29, 1.82) is 0 Å².